The van der Waals surface area contributed by atoms with E-state index in [1.807, 2.05) is 12.1 Å². The predicted octanol–water partition coefficient (Wildman–Crippen LogP) is 4.26. The van der Waals surface area contributed by atoms with E-state index in [9.17, 15) is 0 Å². The monoisotopic (exact) mass is 214 g/mol. The molecule has 0 heterocycles. The number of hydrogen-bond acceptors (Lipinski definition) is 1. The molecule has 16 heavy (non-hydrogen) atoms. The van der Waals surface area contributed by atoms with E-state index in [2.05, 4.69) is 51.1 Å². The van der Waals surface area contributed by atoms with Crippen molar-refractivity contribution in [1.29, 1.82) is 0 Å². The molecule has 0 bridgehead atoms. The summed E-state index contributed by atoms with van der Waals surface area (Å²) in [6, 6.07) is 14.5. The predicted molar refractivity (Wildman–Crippen MR) is 68.9 cm³/mol. The highest BCUT2D eigenvalue weighted by Crippen LogP contribution is 2.26. The Morgan fingerprint density at radius 3 is 2.31 bits per heavy atom. The van der Waals surface area contributed by atoms with E-state index in [0.717, 1.165) is 5.75 Å². The first-order valence-electron chi connectivity index (χ1n) is 5.83. The van der Waals surface area contributed by atoms with Gasteiger partial charge in [0.25, 0.3) is 0 Å². The van der Waals surface area contributed by atoms with Crippen molar-refractivity contribution in [2.24, 2.45) is 5.92 Å². The van der Waals surface area contributed by atoms with E-state index in [1.54, 1.807) is 0 Å². The third-order valence-electron chi connectivity index (χ3n) is 3.00. The van der Waals surface area contributed by atoms with E-state index in [1.165, 1.54) is 10.8 Å². The number of hydrogen-bond donors (Lipinski definition) is 0. The van der Waals surface area contributed by atoms with Gasteiger partial charge >= 0.3 is 0 Å². The summed E-state index contributed by atoms with van der Waals surface area (Å²) in [5, 5.41) is 2.42. The van der Waals surface area contributed by atoms with Crippen LogP contribution in [-0.2, 0) is 0 Å². The first-order chi connectivity index (χ1) is 7.68. The van der Waals surface area contributed by atoms with Crippen molar-refractivity contribution in [2.45, 2.75) is 26.9 Å². The smallest absolute Gasteiger partial charge is 0.127 e. The van der Waals surface area contributed by atoms with Gasteiger partial charge < -0.3 is 4.74 Å². The lowest BCUT2D eigenvalue weighted by Gasteiger charge is -2.19. The number of benzene rings is 2. The van der Waals surface area contributed by atoms with Gasteiger partial charge in [-0.1, -0.05) is 50.2 Å². The van der Waals surface area contributed by atoms with Gasteiger partial charge in [0.15, 0.2) is 0 Å². The quantitative estimate of drug-likeness (QED) is 0.741. The van der Waals surface area contributed by atoms with Crippen LogP contribution < -0.4 is 4.74 Å². The lowest BCUT2D eigenvalue weighted by Crippen LogP contribution is -2.18. The summed E-state index contributed by atoms with van der Waals surface area (Å²) in [6.07, 6.45) is 0.241. The maximum atomic E-state index is 5.99. The first kappa shape index (κ1) is 11.0. The number of ether oxygens (including phenoxy) is 1. The Morgan fingerprint density at radius 2 is 1.56 bits per heavy atom. The molecule has 1 atom stereocenters. The Morgan fingerprint density at radius 1 is 0.875 bits per heavy atom. The summed E-state index contributed by atoms with van der Waals surface area (Å²) in [5.41, 5.74) is 0. The van der Waals surface area contributed by atoms with Crippen molar-refractivity contribution >= 4 is 10.8 Å². The normalized spacial score (nSPS) is 13.0. The molecule has 0 radical (unpaired) electrons. The molecule has 1 nitrogen and oxygen atoms in total. The summed E-state index contributed by atoms with van der Waals surface area (Å²) in [7, 11) is 0. The van der Waals surface area contributed by atoms with Crippen molar-refractivity contribution in [3.63, 3.8) is 0 Å². The lowest BCUT2D eigenvalue weighted by molar-refractivity contribution is 0.173. The fourth-order valence-electron chi connectivity index (χ4n) is 1.63. The van der Waals surface area contributed by atoms with Gasteiger partial charge in [0, 0.05) is 5.39 Å². The highest BCUT2D eigenvalue weighted by atomic mass is 16.5. The second-order valence-corrected chi connectivity index (χ2v) is 4.54. The molecule has 2 rings (SSSR count). The van der Waals surface area contributed by atoms with Crippen LogP contribution in [0.3, 0.4) is 0 Å². The van der Waals surface area contributed by atoms with Crippen LogP contribution in [0, 0.1) is 5.92 Å². The first-order valence-corrected chi connectivity index (χ1v) is 5.83. The van der Waals surface area contributed by atoms with Crippen LogP contribution in [-0.4, -0.2) is 6.10 Å². The zero-order chi connectivity index (χ0) is 11.5. The van der Waals surface area contributed by atoms with Crippen molar-refractivity contribution in [2.75, 3.05) is 0 Å². The molecule has 0 aliphatic carbocycles. The highest BCUT2D eigenvalue weighted by molar-refractivity contribution is 5.88. The van der Waals surface area contributed by atoms with Gasteiger partial charge in [-0.15, -0.1) is 0 Å². The SMILES string of the molecule is CC(C)C(C)Oc1cccc2ccccc12. The third-order valence-corrected chi connectivity index (χ3v) is 3.00. The highest BCUT2D eigenvalue weighted by Gasteiger charge is 2.10. The molecule has 0 N–H and O–H groups in total. The summed E-state index contributed by atoms with van der Waals surface area (Å²) < 4.78 is 5.99. The molecular weight excluding hydrogens is 196 g/mol. The molecule has 0 aliphatic rings. The van der Waals surface area contributed by atoms with Crippen LogP contribution in [0.1, 0.15) is 20.8 Å². The average molecular weight is 214 g/mol. The van der Waals surface area contributed by atoms with E-state index < -0.39 is 0 Å². The summed E-state index contributed by atoms with van der Waals surface area (Å²) >= 11 is 0. The fourth-order valence-corrected chi connectivity index (χ4v) is 1.63. The second kappa shape index (κ2) is 4.56. The Kier molecular flexibility index (Phi) is 3.14. The summed E-state index contributed by atoms with van der Waals surface area (Å²) in [5.74, 6) is 1.51. The largest absolute Gasteiger partial charge is 0.490 e. The molecule has 2 aromatic carbocycles. The van der Waals surface area contributed by atoms with Crippen LogP contribution in [0.2, 0.25) is 0 Å². The molecule has 0 amide bonds. The molecule has 84 valence electrons. The maximum Gasteiger partial charge on any atom is 0.127 e. The van der Waals surface area contributed by atoms with Gasteiger partial charge in [-0.25, -0.2) is 0 Å². The van der Waals surface area contributed by atoms with Gasteiger partial charge in [-0.2, -0.15) is 0 Å². The minimum absolute atomic E-state index is 0.241. The Bertz CT molecular complexity index is 468. The van der Waals surface area contributed by atoms with E-state index in [4.69, 9.17) is 4.74 Å². The van der Waals surface area contributed by atoms with Crippen molar-refractivity contribution < 1.29 is 4.74 Å². The third kappa shape index (κ3) is 2.19. The zero-order valence-electron chi connectivity index (χ0n) is 10.1. The van der Waals surface area contributed by atoms with Gasteiger partial charge in [0.1, 0.15) is 5.75 Å². The van der Waals surface area contributed by atoms with Crippen LogP contribution >= 0.6 is 0 Å². The van der Waals surface area contributed by atoms with Crippen LogP contribution in [0.25, 0.3) is 10.8 Å². The molecule has 0 saturated heterocycles. The van der Waals surface area contributed by atoms with Crippen LogP contribution in [0.4, 0.5) is 0 Å². The minimum atomic E-state index is 0.241. The fraction of sp³-hybridized carbons (Fsp3) is 0.333. The van der Waals surface area contributed by atoms with E-state index in [-0.39, 0.29) is 6.10 Å². The number of fused-ring (bicyclic) bond motifs is 1. The zero-order valence-corrected chi connectivity index (χ0v) is 10.1. The Balaban J connectivity index is 2.37. The van der Waals surface area contributed by atoms with Gasteiger partial charge in [-0.05, 0) is 24.3 Å². The molecule has 0 aliphatic heterocycles. The topological polar surface area (TPSA) is 9.23 Å². The van der Waals surface area contributed by atoms with E-state index in [0.29, 0.717) is 5.92 Å². The maximum absolute atomic E-state index is 5.99. The van der Waals surface area contributed by atoms with E-state index >= 15 is 0 Å². The standard InChI is InChI=1S/C15H18O/c1-11(2)12(3)16-15-10-6-8-13-7-4-5-9-14(13)15/h4-12H,1-3H3. The Labute approximate surface area is 97.1 Å². The Hall–Kier alpha value is -1.50. The molecule has 1 heteroatoms. The molecule has 1 unspecified atom stereocenters. The summed E-state index contributed by atoms with van der Waals surface area (Å²) in [6.45, 7) is 6.47. The molecule has 2 aromatic rings. The molecule has 0 aromatic heterocycles. The minimum Gasteiger partial charge on any atom is -0.490 e. The van der Waals surface area contributed by atoms with Crippen molar-refractivity contribution in [3.8, 4) is 5.75 Å². The van der Waals surface area contributed by atoms with Gasteiger partial charge in [-0.3, -0.25) is 0 Å². The molecule has 0 spiro atoms. The number of rotatable bonds is 3. The summed E-state index contributed by atoms with van der Waals surface area (Å²) in [4.78, 5) is 0. The van der Waals surface area contributed by atoms with Crippen LogP contribution in [0.5, 0.6) is 5.75 Å². The average Bonchev–Trinajstić information content (AvgIpc) is 2.29. The second-order valence-electron chi connectivity index (χ2n) is 4.54. The molecule has 0 saturated carbocycles. The lowest BCUT2D eigenvalue weighted by atomic mass is 10.1. The van der Waals surface area contributed by atoms with Gasteiger partial charge in [0.05, 0.1) is 6.10 Å². The van der Waals surface area contributed by atoms with Crippen LogP contribution in [0.15, 0.2) is 42.5 Å². The molecule has 0 fully saturated rings. The molecular formula is C15H18O. The van der Waals surface area contributed by atoms with Crippen molar-refractivity contribution in [3.05, 3.63) is 42.5 Å². The van der Waals surface area contributed by atoms with Crippen molar-refractivity contribution in [1.82, 2.24) is 0 Å². The van der Waals surface area contributed by atoms with Gasteiger partial charge in [0.2, 0.25) is 0 Å².